The van der Waals surface area contributed by atoms with Gasteiger partial charge in [0, 0.05) is 43.8 Å². The molecule has 1 saturated heterocycles. The Morgan fingerprint density at radius 2 is 1.85 bits per heavy atom. The smallest absolute Gasteiger partial charge is 0.273 e. The van der Waals surface area contributed by atoms with Gasteiger partial charge in [-0.2, -0.15) is 0 Å². The van der Waals surface area contributed by atoms with Crippen LogP contribution in [0.3, 0.4) is 0 Å². The van der Waals surface area contributed by atoms with E-state index in [2.05, 4.69) is 4.90 Å². The minimum atomic E-state index is -0.492. The van der Waals surface area contributed by atoms with Crippen LogP contribution >= 0.6 is 11.6 Å². The number of rotatable bonds is 6. The fourth-order valence-corrected chi connectivity index (χ4v) is 3.19. The van der Waals surface area contributed by atoms with Crippen LogP contribution in [-0.4, -0.2) is 53.4 Å². The molecule has 1 fully saturated rings. The molecule has 2 aromatic carbocycles. The molecule has 1 aliphatic rings. The van der Waals surface area contributed by atoms with Crippen LogP contribution in [0.1, 0.15) is 5.56 Å². The van der Waals surface area contributed by atoms with Gasteiger partial charge in [-0.25, -0.2) is 0 Å². The molecule has 142 valence electrons. The monoisotopic (exact) mass is 389 g/mol. The molecule has 27 heavy (non-hydrogen) atoms. The number of halogens is 1. The summed E-state index contributed by atoms with van der Waals surface area (Å²) in [6, 6.07) is 13.6. The van der Waals surface area contributed by atoms with Crippen LogP contribution in [0.5, 0.6) is 5.75 Å². The highest BCUT2D eigenvalue weighted by atomic mass is 35.5. The van der Waals surface area contributed by atoms with Crippen molar-refractivity contribution < 1.29 is 14.5 Å². The molecule has 8 heteroatoms. The lowest BCUT2D eigenvalue weighted by atomic mass is 10.2. The van der Waals surface area contributed by atoms with E-state index in [0.29, 0.717) is 18.8 Å². The van der Waals surface area contributed by atoms with Gasteiger partial charge in [-0.05, 0) is 23.8 Å². The van der Waals surface area contributed by atoms with E-state index in [1.165, 1.54) is 18.2 Å². The van der Waals surface area contributed by atoms with Gasteiger partial charge in [-0.1, -0.05) is 29.8 Å². The number of carbonyl (C=O) groups excluding carboxylic acids is 1. The third-order valence-corrected chi connectivity index (χ3v) is 4.65. The average molecular weight is 390 g/mol. The second-order valence-corrected chi connectivity index (χ2v) is 6.77. The van der Waals surface area contributed by atoms with Crippen LogP contribution in [0.2, 0.25) is 5.02 Å². The summed E-state index contributed by atoms with van der Waals surface area (Å²) in [6.07, 6.45) is 0. The van der Waals surface area contributed by atoms with Gasteiger partial charge in [0.15, 0.2) is 6.61 Å². The number of ether oxygens (including phenoxy) is 1. The zero-order chi connectivity index (χ0) is 19.2. The Morgan fingerprint density at radius 1 is 1.11 bits per heavy atom. The number of nitro groups is 1. The van der Waals surface area contributed by atoms with E-state index in [-0.39, 0.29) is 18.2 Å². The molecule has 0 saturated carbocycles. The number of hydrogen-bond acceptors (Lipinski definition) is 5. The van der Waals surface area contributed by atoms with Crippen LogP contribution < -0.4 is 4.74 Å². The minimum Gasteiger partial charge on any atom is -0.484 e. The van der Waals surface area contributed by atoms with Gasteiger partial charge in [-0.3, -0.25) is 19.8 Å². The van der Waals surface area contributed by atoms with Crippen LogP contribution in [0.4, 0.5) is 5.69 Å². The predicted octanol–water partition coefficient (Wildman–Crippen LogP) is 2.97. The number of hydrogen-bond donors (Lipinski definition) is 0. The number of carbonyl (C=O) groups is 1. The van der Waals surface area contributed by atoms with Crippen LogP contribution in [0.25, 0.3) is 0 Å². The fraction of sp³-hybridized carbons (Fsp3) is 0.316. The lowest BCUT2D eigenvalue weighted by Gasteiger charge is -2.34. The summed E-state index contributed by atoms with van der Waals surface area (Å²) in [6.45, 7) is 3.46. The SMILES string of the molecule is O=C(COc1cccc([N+](=O)[O-])c1)N1CCN(Cc2cccc(Cl)c2)CC1. The first kappa shape index (κ1) is 19.1. The first-order chi connectivity index (χ1) is 13.0. The minimum absolute atomic E-state index is 0.0606. The normalized spacial score (nSPS) is 14.8. The van der Waals surface area contributed by atoms with Crippen LogP contribution in [0.15, 0.2) is 48.5 Å². The number of non-ortho nitro benzene ring substituents is 1. The fourth-order valence-electron chi connectivity index (χ4n) is 2.97. The molecule has 1 amide bonds. The van der Waals surface area contributed by atoms with Crippen molar-refractivity contribution in [3.8, 4) is 5.75 Å². The molecule has 0 spiro atoms. The van der Waals surface area contributed by atoms with E-state index in [9.17, 15) is 14.9 Å². The van der Waals surface area contributed by atoms with E-state index >= 15 is 0 Å². The number of nitrogens with zero attached hydrogens (tertiary/aromatic N) is 3. The molecular weight excluding hydrogens is 370 g/mol. The molecule has 2 aromatic rings. The van der Waals surface area contributed by atoms with Gasteiger partial charge in [0.05, 0.1) is 11.0 Å². The molecule has 0 unspecified atom stereocenters. The summed E-state index contributed by atoms with van der Waals surface area (Å²) in [5.74, 6) is 0.195. The Kier molecular flexibility index (Phi) is 6.26. The molecule has 0 N–H and O–H groups in total. The first-order valence-corrected chi connectivity index (χ1v) is 9.01. The Morgan fingerprint density at radius 3 is 2.56 bits per heavy atom. The van der Waals surface area contributed by atoms with Gasteiger partial charge >= 0.3 is 0 Å². The molecule has 7 nitrogen and oxygen atoms in total. The molecule has 3 rings (SSSR count). The molecule has 0 aliphatic carbocycles. The third-order valence-electron chi connectivity index (χ3n) is 4.41. The number of amides is 1. The maximum absolute atomic E-state index is 12.3. The summed E-state index contributed by atoms with van der Waals surface area (Å²) in [5, 5.41) is 11.5. The van der Waals surface area contributed by atoms with Crippen molar-refractivity contribution in [2.75, 3.05) is 32.8 Å². The number of nitro benzene ring substituents is 1. The van der Waals surface area contributed by atoms with E-state index in [1.807, 2.05) is 24.3 Å². The van der Waals surface area contributed by atoms with Gasteiger partial charge in [0.25, 0.3) is 11.6 Å². The third kappa shape index (κ3) is 5.42. The summed E-state index contributed by atoms with van der Waals surface area (Å²) in [7, 11) is 0. The second kappa shape index (κ2) is 8.83. The van der Waals surface area contributed by atoms with Crippen molar-refractivity contribution in [2.45, 2.75) is 6.54 Å². The van der Waals surface area contributed by atoms with E-state index in [0.717, 1.165) is 30.2 Å². The van der Waals surface area contributed by atoms with E-state index in [4.69, 9.17) is 16.3 Å². The Labute approximate surface area is 162 Å². The van der Waals surface area contributed by atoms with Crippen LogP contribution in [-0.2, 0) is 11.3 Å². The number of piperazine rings is 1. The summed E-state index contributed by atoms with van der Waals surface area (Å²) in [5.41, 5.74) is 1.09. The topological polar surface area (TPSA) is 75.9 Å². The van der Waals surface area contributed by atoms with Crippen molar-refractivity contribution in [1.82, 2.24) is 9.80 Å². The average Bonchev–Trinajstić information content (AvgIpc) is 2.67. The lowest BCUT2D eigenvalue weighted by molar-refractivity contribution is -0.384. The Balaban J connectivity index is 1.46. The molecule has 1 heterocycles. The lowest BCUT2D eigenvalue weighted by Crippen LogP contribution is -2.49. The standard InChI is InChI=1S/C19H20ClN3O4/c20-16-4-1-3-15(11-16)13-21-7-9-22(10-8-21)19(24)14-27-18-6-2-5-17(12-18)23(25)26/h1-6,11-12H,7-10,13-14H2. The molecule has 1 aliphatic heterocycles. The Hall–Kier alpha value is -2.64. The van der Waals surface area contributed by atoms with Crippen molar-refractivity contribution in [2.24, 2.45) is 0 Å². The highest BCUT2D eigenvalue weighted by Crippen LogP contribution is 2.19. The second-order valence-electron chi connectivity index (χ2n) is 6.33. The largest absolute Gasteiger partial charge is 0.484 e. The zero-order valence-electron chi connectivity index (χ0n) is 14.7. The van der Waals surface area contributed by atoms with Gasteiger partial charge in [-0.15, -0.1) is 0 Å². The van der Waals surface area contributed by atoms with E-state index in [1.54, 1.807) is 11.0 Å². The van der Waals surface area contributed by atoms with Crippen molar-refractivity contribution in [3.05, 3.63) is 69.2 Å². The maximum Gasteiger partial charge on any atom is 0.273 e. The quantitative estimate of drug-likeness (QED) is 0.560. The molecular formula is C19H20ClN3O4. The van der Waals surface area contributed by atoms with Crippen molar-refractivity contribution in [3.63, 3.8) is 0 Å². The van der Waals surface area contributed by atoms with Gasteiger partial charge < -0.3 is 9.64 Å². The van der Waals surface area contributed by atoms with Crippen molar-refractivity contribution in [1.29, 1.82) is 0 Å². The van der Waals surface area contributed by atoms with E-state index < -0.39 is 4.92 Å². The van der Waals surface area contributed by atoms with Gasteiger partial charge in [0.1, 0.15) is 5.75 Å². The predicted molar refractivity (Wildman–Crippen MR) is 102 cm³/mol. The summed E-state index contributed by atoms with van der Waals surface area (Å²) >= 11 is 6.02. The zero-order valence-corrected chi connectivity index (χ0v) is 15.5. The summed E-state index contributed by atoms with van der Waals surface area (Å²) < 4.78 is 5.42. The molecule has 0 atom stereocenters. The maximum atomic E-state index is 12.3. The number of benzene rings is 2. The van der Waals surface area contributed by atoms with Gasteiger partial charge in [0.2, 0.25) is 0 Å². The molecule has 0 bridgehead atoms. The first-order valence-electron chi connectivity index (χ1n) is 8.63. The highest BCUT2D eigenvalue weighted by molar-refractivity contribution is 6.30. The molecule has 0 aromatic heterocycles. The highest BCUT2D eigenvalue weighted by Gasteiger charge is 2.21. The Bertz CT molecular complexity index is 822. The van der Waals surface area contributed by atoms with Crippen LogP contribution in [0, 0.1) is 10.1 Å². The molecule has 0 radical (unpaired) electrons. The van der Waals surface area contributed by atoms with Crippen molar-refractivity contribution >= 4 is 23.2 Å². The summed E-state index contributed by atoms with van der Waals surface area (Å²) in [4.78, 5) is 26.7.